The van der Waals surface area contributed by atoms with Crippen LogP contribution in [0.2, 0.25) is 0 Å². The Morgan fingerprint density at radius 2 is 2.12 bits per heavy atom. The predicted molar refractivity (Wildman–Crippen MR) is 58.7 cm³/mol. The Kier molecular flexibility index (Phi) is 3.59. The van der Waals surface area contributed by atoms with Crippen molar-refractivity contribution < 1.29 is 14.7 Å². The van der Waals surface area contributed by atoms with E-state index >= 15 is 0 Å². The van der Waals surface area contributed by atoms with Crippen LogP contribution in [-0.2, 0) is 9.59 Å². The summed E-state index contributed by atoms with van der Waals surface area (Å²) >= 11 is 0. The van der Waals surface area contributed by atoms with Gasteiger partial charge in [0.2, 0.25) is 5.91 Å². The summed E-state index contributed by atoms with van der Waals surface area (Å²) in [5.41, 5.74) is 0. The molecule has 2 atom stereocenters. The van der Waals surface area contributed by atoms with Crippen LogP contribution in [0.25, 0.3) is 0 Å². The number of rotatable bonds is 3. The summed E-state index contributed by atoms with van der Waals surface area (Å²) in [6.07, 6.45) is 4.45. The minimum absolute atomic E-state index is 0.0136. The van der Waals surface area contributed by atoms with E-state index in [2.05, 4.69) is 5.32 Å². The van der Waals surface area contributed by atoms with Crippen molar-refractivity contribution in [2.45, 2.75) is 44.6 Å². The monoisotopic (exact) mass is 225 g/mol. The van der Waals surface area contributed by atoms with Gasteiger partial charge in [-0.25, -0.2) is 0 Å². The minimum Gasteiger partial charge on any atom is -0.393 e. The second kappa shape index (κ2) is 4.95. The van der Waals surface area contributed by atoms with Crippen molar-refractivity contribution in [2.75, 3.05) is 6.54 Å². The van der Waals surface area contributed by atoms with Gasteiger partial charge in [-0.3, -0.25) is 9.59 Å². The first-order valence-electron chi connectivity index (χ1n) is 6.12. The van der Waals surface area contributed by atoms with Gasteiger partial charge in [-0.05, 0) is 25.2 Å². The molecule has 2 aliphatic rings. The van der Waals surface area contributed by atoms with Crippen molar-refractivity contribution in [3.8, 4) is 0 Å². The number of hydrogen-bond donors (Lipinski definition) is 2. The molecule has 0 radical (unpaired) electrons. The molecule has 4 nitrogen and oxygen atoms in total. The maximum Gasteiger partial charge on any atom is 0.224 e. The molecular weight excluding hydrogens is 206 g/mol. The molecular formula is C12H19NO3. The minimum atomic E-state index is -0.194. The van der Waals surface area contributed by atoms with Crippen LogP contribution < -0.4 is 5.32 Å². The van der Waals surface area contributed by atoms with E-state index in [0.717, 1.165) is 25.7 Å². The summed E-state index contributed by atoms with van der Waals surface area (Å²) < 4.78 is 0. The fourth-order valence-corrected chi connectivity index (χ4v) is 2.51. The number of hydrogen-bond acceptors (Lipinski definition) is 3. The zero-order chi connectivity index (χ0) is 11.5. The van der Waals surface area contributed by atoms with E-state index in [-0.39, 0.29) is 23.7 Å². The summed E-state index contributed by atoms with van der Waals surface area (Å²) in [6.45, 7) is 0.653. The number of Topliss-reactive ketones (excluding diaryl/α,β-unsaturated/α-hetero) is 1. The molecule has 1 amide bonds. The summed E-state index contributed by atoms with van der Waals surface area (Å²) in [4.78, 5) is 22.3. The van der Waals surface area contributed by atoms with Crippen molar-refractivity contribution in [1.29, 1.82) is 0 Å². The van der Waals surface area contributed by atoms with Crippen molar-refractivity contribution in [3.05, 3.63) is 0 Å². The molecule has 0 heterocycles. The van der Waals surface area contributed by atoms with Gasteiger partial charge in [-0.15, -0.1) is 0 Å². The number of carbonyl (C=O) groups excluding carboxylic acids is 2. The first-order valence-corrected chi connectivity index (χ1v) is 6.12. The Morgan fingerprint density at radius 1 is 1.38 bits per heavy atom. The number of nitrogens with one attached hydrogen (secondary N) is 1. The first kappa shape index (κ1) is 11.6. The second-order valence-corrected chi connectivity index (χ2v) is 5.08. The largest absolute Gasteiger partial charge is 0.393 e. The molecule has 2 unspecified atom stereocenters. The highest BCUT2D eigenvalue weighted by molar-refractivity contribution is 5.96. The fraction of sp³-hybridized carbons (Fsp3) is 0.833. The molecule has 2 N–H and O–H groups in total. The topological polar surface area (TPSA) is 66.4 Å². The van der Waals surface area contributed by atoms with Gasteiger partial charge in [0.25, 0.3) is 0 Å². The van der Waals surface area contributed by atoms with Crippen molar-refractivity contribution in [1.82, 2.24) is 5.32 Å². The highest BCUT2D eigenvalue weighted by atomic mass is 16.3. The molecule has 2 saturated carbocycles. The number of ketones is 1. The normalized spacial score (nSPS) is 30.9. The van der Waals surface area contributed by atoms with Crippen LogP contribution in [0.4, 0.5) is 0 Å². The molecule has 0 spiro atoms. The average Bonchev–Trinajstić information content (AvgIpc) is 2.22. The third-order valence-corrected chi connectivity index (χ3v) is 3.64. The van der Waals surface area contributed by atoms with Crippen molar-refractivity contribution in [2.24, 2.45) is 11.8 Å². The summed E-state index contributed by atoms with van der Waals surface area (Å²) in [7, 11) is 0. The molecule has 2 rings (SSSR count). The Labute approximate surface area is 95.4 Å². The second-order valence-electron chi connectivity index (χ2n) is 5.08. The van der Waals surface area contributed by atoms with Crippen LogP contribution in [0, 0.1) is 11.8 Å². The lowest BCUT2D eigenvalue weighted by molar-refractivity contribution is -0.138. The standard InChI is InChI=1S/C12H19NO3/c14-10-3-1-2-8(4-10)7-13-12(16)9-5-11(15)6-9/h8-10,14H,1-7H2,(H,13,16). The number of aliphatic hydroxyl groups is 1. The lowest BCUT2D eigenvalue weighted by atomic mass is 9.83. The van der Waals surface area contributed by atoms with Crippen LogP contribution in [0.15, 0.2) is 0 Å². The van der Waals surface area contributed by atoms with Gasteiger partial charge in [0.05, 0.1) is 12.0 Å². The van der Waals surface area contributed by atoms with Crippen LogP contribution in [-0.4, -0.2) is 29.4 Å². The molecule has 0 aromatic rings. The SMILES string of the molecule is O=C1CC(C(=O)NCC2CCCC(O)C2)C1. The van der Waals surface area contributed by atoms with E-state index in [0.29, 0.717) is 25.3 Å². The van der Waals surface area contributed by atoms with Crippen LogP contribution in [0.5, 0.6) is 0 Å². The quantitative estimate of drug-likeness (QED) is 0.740. The molecule has 4 heteroatoms. The first-order chi connectivity index (χ1) is 7.65. The van der Waals surface area contributed by atoms with E-state index in [9.17, 15) is 14.7 Å². The highest BCUT2D eigenvalue weighted by Gasteiger charge is 2.32. The lowest BCUT2D eigenvalue weighted by Gasteiger charge is -2.28. The van der Waals surface area contributed by atoms with E-state index in [1.54, 1.807) is 0 Å². The Morgan fingerprint density at radius 3 is 2.75 bits per heavy atom. The van der Waals surface area contributed by atoms with Gasteiger partial charge in [-0.2, -0.15) is 0 Å². The molecule has 0 aromatic carbocycles. The Bertz CT molecular complexity index is 282. The van der Waals surface area contributed by atoms with Gasteiger partial charge < -0.3 is 10.4 Å². The Hall–Kier alpha value is -0.900. The number of carbonyl (C=O) groups is 2. The molecule has 2 fully saturated rings. The number of aliphatic hydroxyl groups excluding tert-OH is 1. The molecule has 0 aromatic heterocycles. The van der Waals surface area contributed by atoms with Gasteiger partial charge in [0.15, 0.2) is 0 Å². The third kappa shape index (κ3) is 2.82. The molecule has 0 aliphatic heterocycles. The lowest BCUT2D eigenvalue weighted by Crippen LogP contribution is -2.41. The predicted octanol–water partition coefficient (Wildman–Crippen LogP) is 0.633. The van der Waals surface area contributed by atoms with E-state index < -0.39 is 0 Å². The zero-order valence-corrected chi connectivity index (χ0v) is 9.45. The van der Waals surface area contributed by atoms with Crippen molar-refractivity contribution >= 4 is 11.7 Å². The average molecular weight is 225 g/mol. The molecule has 0 bridgehead atoms. The van der Waals surface area contributed by atoms with Crippen LogP contribution >= 0.6 is 0 Å². The smallest absolute Gasteiger partial charge is 0.224 e. The van der Waals surface area contributed by atoms with Crippen molar-refractivity contribution in [3.63, 3.8) is 0 Å². The summed E-state index contributed by atoms with van der Waals surface area (Å²) in [6, 6.07) is 0. The van der Waals surface area contributed by atoms with Gasteiger partial charge in [-0.1, -0.05) is 6.42 Å². The van der Waals surface area contributed by atoms with E-state index in [1.807, 2.05) is 0 Å². The highest BCUT2D eigenvalue weighted by Crippen LogP contribution is 2.25. The van der Waals surface area contributed by atoms with E-state index in [4.69, 9.17) is 0 Å². The molecule has 2 aliphatic carbocycles. The zero-order valence-electron chi connectivity index (χ0n) is 9.45. The molecule has 90 valence electrons. The Balaban J connectivity index is 1.66. The summed E-state index contributed by atoms with van der Waals surface area (Å²) in [5.74, 6) is 0.525. The van der Waals surface area contributed by atoms with Crippen LogP contribution in [0.3, 0.4) is 0 Å². The van der Waals surface area contributed by atoms with Gasteiger partial charge in [0.1, 0.15) is 5.78 Å². The van der Waals surface area contributed by atoms with E-state index in [1.165, 1.54) is 0 Å². The number of amides is 1. The van der Waals surface area contributed by atoms with Gasteiger partial charge in [0, 0.05) is 19.4 Å². The summed E-state index contributed by atoms with van der Waals surface area (Å²) in [5, 5.41) is 12.4. The fourth-order valence-electron chi connectivity index (χ4n) is 2.51. The maximum atomic E-state index is 11.6. The van der Waals surface area contributed by atoms with Gasteiger partial charge >= 0.3 is 0 Å². The molecule has 16 heavy (non-hydrogen) atoms. The molecule has 0 saturated heterocycles. The van der Waals surface area contributed by atoms with Crippen LogP contribution in [0.1, 0.15) is 38.5 Å². The third-order valence-electron chi connectivity index (χ3n) is 3.64. The maximum absolute atomic E-state index is 11.6.